The summed E-state index contributed by atoms with van der Waals surface area (Å²) < 4.78 is 37.0. The fraction of sp³-hybridized carbons (Fsp3) is 0.929. The number of carbonyl (C=O) groups is 1. The quantitative estimate of drug-likeness (QED) is 0.767. The monoisotopic (exact) mass is 343 g/mol. The van der Waals surface area contributed by atoms with Gasteiger partial charge in [-0.2, -0.15) is 13.2 Å². The molecule has 0 atom stereocenters. The minimum Gasteiger partial charge on any atom is -0.340 e. The summed E-state index contributed by atoms with van der Waals surface area (Å²) in [5.41, 5.74) is 0. The summed E-state index contributed by atoms with van der Waals surface area (Å²) in [6.45, 7) is 4.14. The van der Waals surface area contributed by atoms with E-state index in [4.69, 9.17) is 0 Å². The highest BCUT2D eigenvalue weighted by atomic mass is 35.5. The van der Waals surface area contributed by atoms with Crippen LogP contribution in [0.15, 0.2) is 0 Å². The van der Waals surface area contributed by atoms with Crippen molar-refractivity contribution in [3.63, 3.8) is 0 Å². The third kappa shape index (κ3) is 7.65. The first kappa shape index (κ1) is 19.5. The number of halogens is 4. The Bertz CT molecular complexity index is 345. The van der Waals surface area contributed by atoms with E-state index < -0.39 is 12.6 Å². The number of rotatable bonds is 7. The summed E-state index contributed by atoms with van der Waals surface area (Å²) in [4.78, 5) is 15.7. The van der Waals surface area contributed by atoms with Crippen molar-refractivity contribution >= 4 is 18.3 Å². The van der Waals surface area contributed by atoms with Crippen molar-refractivity contribution in [3.05, 3.63) is 0 Å². The Morgan fingerprint density at radius 1 is 1.18 bits per heavy atom. The van der Waals surface area contributed by atoms with Crippen LogP contribution >= 0.6 is 12.4 Å². The Hall–Kier alpha value is -0.530. The standard InChI is InChI=1S/C14H24F3N3O.ClH/c15-14(16,17)4-8-19(11-12-1-2-12)7-3-13(21)20-9-5-18-6-10-20;/h12,18H,1-11H2;1H. The molecule has 1 saturated carbocycles. The zero-order valence-electron chi connectivity index (χ0n) is 12.7. The molecule has 0 radical (unpaired) electrons. The van der Waals surface area contributed by atoms with Crippen molar-refractivity contribution in [2.24, 2.45) is 5.92 Å². The maximum absolute atomic E-state index is 12.3. The summed E-state index contributed by atoms with van der Waals surface area (Å²) in [5, 5.41) is 3.18. The molecule has 1 aliphatic heterocycles. The second kappa shape index (κ2) is 8.93. The maximum Gasteiger partial charge on any atom is 0.390 e. The van der Waals surface area contributed by atoms with Crippen molar-refractivity contribution in [3.8, 4) is 0 Å². The number of carbonyl (C=O) groups excluding carboxylic acids is 1. The van der Waals surface area contributed by atoms with E-state index in [0.29, 0.717) is 38.5 Å². The molecule has 0 aromatic rings. The van der Waals surface area contributed by atoms with Crippen molar-refractivity contribution in [2.75, 3.05) is 45.8 Å². The first-order chi connectivity index (χ1) is 9.94. The van der Waals surface area contributed by atoms with Crippen LogP contribution in [0, 0.1) is 5.92 Å². The molecule has 1 saturated heterocycles. The summed E-state index contributed by atoms with van der Waals surface area (Å²) in [6.07, 6.45) is -2.38. The van der Waals surface area contributed by atoms with Gasteiger partial charge in [-0.05, 0) is 18.8 Å². The Labute approximate surface area is 135 Å². The molecule has 8 heteroatoms. The van der Waals surface area contributed by atoms with Crippen LogP contribution in [0.25, 0.3) is 0 Å². The molecule has 1 aliphatic carbocycles. The molecule has 1 heterocycles. The molecule has 1 amide bonds. The molecule has 0 bridgehead atoms. The minimum atomic E-state index is -4.12. The van der Waals surface area contributed by atoms with Gasteiger partial charge in [0.05, 0.1) is 6.42 Å². The number of amides is 1. The zero-order valence-corrected chi connectivity index (χ0v) is 13.5. The van der Waals surface area contributed by atoms with E-state index >= 15 is 0 Å². The number of nitrogens with zero attached hydrogens (tertiary/aromatic N) is 2. The van der Waals surface area contributed by atoms with Gasteiger partial charge in [0, 0.05) is 52.2 Å². The number of hydrogen-bond donors (Lipinski definition) is 1. The highest BCUT2D eigenvalue weighted by Crippen LogP contribution is 2.30. The van der Waals surface area contributed by atoms with E-state index in [2.05, 4.69) is 5.32 Å². The van der Waals surface area contributed by atoms with Gasteiger partial charge >= 0.3 is 6.18 Å². The van der Waals surface area contributed by atoms with Crippen LogP contribution in [0.5, 0.6) is 0 Å². The fourth-order valence-electron chi connectivity index (χ4n) is 2.57. The van der Waals surface area contributed by atoms with Gasteiger partial charge in [0.25, 0.3) is 0 Å². The summed E-state index contributed by atoms with van der Waals surface area (Å²) in [6, 6.07) is 0. The second-order valence-electron chi connectivity index (χ2n) is 5.99. The molecule has 2 rings (SSSR count). The molecule has 0 unspecified atom stereocenters. The molecule has 0 aromatic carbocycles. The highest BCUT2D eigenvalue weighted by Gasteiger charge is 2.30. The molecular formula is C14H25ClF3N3O. The zero-order chi connectivity index (χ0) is 15.3. The van der Waals surface area contributed by atoms with Crippen LogP contribution in [-0.4, -0.2) is 67.7 Å². The number of hydrogen-bond acceptors (Lipinski definition) is 3. The van der Waals surface area contributed by atoms with Gasteiger partial charge in [0.1, 0.15) is 0 Å². The number of alkyl halides is 3. The predicted molar refractivity (Wildman–Crippen MR) is 81.2 cm³/mol. The van der Waals surface area contributed by atoms with E-state index in [0.717, 1.165) is 25.9 Å². The molecule has 0 spiro atoms. The molecule has 0 aromatic heterocycles. The van der Waals surface area contributed by atoms with E-state index in [1.165, 1.54) is 0 Å². The third-order valence-corrected chi connectivity index (χ3v) is 4.04. The van der Waals surface area contributed by atoms with Gasteiger partial charge in [-0.15, -0.1) is 12.4 Å². The van der Waals surface area contributed by atoms with Crippen LogP contribution in [-0.2, 0) is 4.79 Å². The first-order valence-electron chi connectivity index (χ1n) is 7.71. The van der Waals surface area contributed by atoms with Gasteiger partial charge < -0.3 is 15.1 Å². The molecule has 1 N–H and O–H groups in total. The lowest BCUT2D eigenvalue weighted by atomic mass is 10.2. The van der Waals surface area contributed by atoms with Crippen LogP contribution in [0.4, 0.5) is 13.2 Å². The van der Waals surface area contributed by atoms with E-state index in [9.17, 15) is 18.0 Å². The van der Waals surface area contributed by atoms with E-state index in [1.807, 2.05) is 4.90 Å². The topological polar surface area (TPSA) is 35.6 Å². The predicted octanol–water partition coefficient (Wildman–Crippen LogP) is 1.89. The molecule has 22 heavy (non-hydrogen) atoms. The van der Waals surface area contributed by atoms with Gasteiger partial charge in [0.2, 0.25) is 5.91 Å². The highest BCUT2D eigenvalue weighted by molar-refractivity contribution is 5.85. The van der Waals surface area contributed by atoms with E-state index in [-0.39, 0.29) is 24.9 Å². The van der Waals surface area contributed by atoms with Gasteiger partial charge in [0.15, 0.2) is 0 Å². The molecule has 130 valence electrons. The fourth-order valence-corrected chi connectivity index (χ4v) is 2.57. The second-order valence-corrected chi connectivity index (χ2v) is 5.99. The maximum atomic E-state index is 12.3. The minimum absolute atomic E-state index is 0. The van der Waals surface area contributed by atoms with Gasteiger partial charge in [-0.25, -0.2) is 0 Å². The van der Waals surface area contributed by atoms with Gasteiger partial charge in [-0.3, -0.25) is 4.79 Å². The molecular weight excluding hydrogens is 319 g/mol. The lowest BCUT2D eigenvalue weighted by Gasteiger charge is -2.29. The van der Waals surface area contributed by atoms with Crippen LogP contribution in [0.1, 0.15) is 25.7 Å². The number of nitrogens with one attached hydrogen (secondary N) is 1. The van der Waals surface area contributed by atoms with Crippen molar-refractivity contribution in [1.82, 2.24) is 15.1 Å². The van der Waals surface area contributed by atoms with Crippen molar-refractivity contribution < 1.29 is 18.0 Å². The molecule has 4 nitrogen and oxygen atoms in total. The SMILES string of the molecule is Cl.O=C(CCN(CCC(F)(F)F)CC1CC1)N1CCNCC1. The Kier molecular flexibility index (Phi) is 7.93. The normalized spacial score (nSPS) is 19.2. The number of piperazine rings is 1. The lowest BCUT2D eigenvalue weighted by molar-refractivity contribution is -0.138. The summed E-state index contributed by atoms with van der Waals surface area (Å²) in [5.74, 6) is 0.594. The summed E-state index contributed by atoms with van der Waals surface area (Å²) in [7, 11) is 0. The Balaban J connectivity index is 0.00000242. The van der Waals surface area contributed by atoms with Gasteiger partial charge in [-0.1, -0.05) is 0 Å². The largest absolute Gasteiger partial charge is 0.390 e. The van der Waals surface area contributed by atoms with Crippen molar-refractivity contribution in [1.29, 1.82) is 0 Å². The average Bonchev–Trinajstić information content (AvgIpc) is 3.25. The third-order valence-electron chi connectivity index (χ3n) is 4.04. The first-order valence-corrected chi connectivity index (χ1v) is 7.71. The Morgan fingerprint density at radius 3 is 2.36 bits per heavy atom. The molecule has 2 aliphatic rings. The van der Waals surface area contributed by atoms with Crippen LogP contribution < -0.4 is 5.32 Å². The average molecular weight is 344 g/mol. The summed E-state index contributed by atoms with van der Waals surface area (Å²) >= 11 is 0. The van der Waals surface area contributed by atoms with Crippen LogP contribution in [0.3, 0.4) is 0 Å². The molecule has 2 fully saturated rings. The lowest BCUT2D eigenvalue weighted by Crippen LogP contribution is -2.47. The van der Waals surface area contributed by atoms with Crippen LogP contribution in [0.2, 0.25) is 0 Å². The van der Waals surface area contributed by atoms with Crippen molar-refractivity contribution in [2.45, 2.75) is 31.9 Å². The Morgan fingerprint density at radius 2 is 1.82 bits per heavy atom. The smallest absolute Gasteiger partial charge is 0.340 e. The van der Waals surface area contributed by atoms with E-state index in [1.54, 1.807) is 4.90 Å².